The van der Waals surface area contributed by atoms with E-state index in [9.17, 15) is 0 Å². The molecule has 4 rings (SSSR count). The Kier molecular flexibility index (Phi) is 3.75. The van der Waals surface area contributed by atoms with Gasteiger partial charge in [0.25, 0.3) is 0 Å². The molecule has 0 amide bonds. The van der Waals surface area contributed by atoms with Crippen molar-refractivity contribution in [3.63, 3.8) is 0 Å². The average molecular weight is 314 g/mol. The molecule has 0 spiro atoms. The minimum atomic E-state index is 0.0736. The third kappa shape index (κ3) is 2.54. The minimum absolute atomic E-state index is 0.0736. The van der Waals surface area contributed by atoms with Crippen LogP contribution in [-0.4, -0.2) is 16.7 Å². The summed E-state index contributed by atoms with van der Waals surface area (Å²) >= 11 is 0. The highest BCUT2D eigenvalue weighted by atomic mass is 16.5. The van der Waals surface area contributed by atoms with Gasteiger partial charge >= 0.3 is 0 Å². The zero-order valence-corrected chi connectivity index (χ0v) is 13.5. The molecule has 0 saturated carbocycles. The highest BCUT2D eigenvalue weighted by Gasteiger charge is 2.18. The SMILES string of the molecule is COc1ccc(C(c2cccc3ccccc23)n2ccnc2)cc1. The van der Waals surface area contributed by atoms with Crippen LogP contribution in [0.1, 0.15) is 17.2 Å². The summed E-state index contributed by atoms with van der Waals surface area (Å²) in [5, 5.41) is 2.50. The van der Waals surface area contributed by atoms with Gasteiger partial charge in [-0.1, -0.05) is 54.6 Å². The van der Waals surface area contributed by atoms with Gasteiger partial charge in [-0.05, 0) is 34.0 Å². The van der Waals surface area contributed by atoms with Gasteiger partial charge in [0.15, 0.2) is 0 Å². The van der Waals surface area contributed by atoms with Gasteiger partial charge in [-0.3, -0.25) is 0 Å². The van der Waals surface area contributed by atoms with Crippen LogP contribution in [-0.2, 0) is 0 Å². The van der Waals surface area contributed by atoms with Crippen molar-refractivity contribution >= 4 is 10.8 Å². The highest BCUT2D eigenvalue weighted by molar-refractivity contribution is 5.86. The molecule has 0 N–H and O–H groups in total. The lowest BCUT2D eigenvalue weighted by Gasteiger charge is -2.21. The third-order valence-corrected chi connectivity index (χ3v) is 4.37. The normalized spacial score (nSPS) is 12.2. The number of ether oxygens (including phenoxy) is 1. The summed E-state index contributed by atoms with van der Waals surface area (Å²) in [5.41, 5.74) is 2.46. The van der Waals surface area contributed by atoms with E-state index >= 15 is 0 Å². The predicted molar refractivity (Wildman–Crippen MR) is 96.4 cm³/mol. The van der Waals surface area contributed by atoms with Gasteiger partial charge in [-0.15, -0.1) is 0 Å². The lowest BCUT2D eigenvalue weighted by Crippen LogP contribution is -2.11. The first-order chi connectivity index (χ1) is 11.9. The maximum Gasteiger partial charge on any atom is 0.118 e. The largest absolute Gasteiger partial charge is 0.497 e. The molecule has 4 aromatic rings. The third-order valence-electron chi connectivity index (χ3n) is 4.37. The lowest BCUT2D eigenvalue weighted by molar-refractivity contribution is 0.414. The van der Waals surface area contributed by atoms with E-state index in [1.165, 1.54) is 21.9 Å². The Morgan fingerprint density at radius 2 is 1.71 bits per heavy atom. The summed E-state index contributed by atoms with van der Waals surface area (Å²) in [7, 11) is 1.69. The molecular weight excluding hydrogens is 296 g/mol. The van der Waals surface area contributed by atoms with E-state index in [0.29, 0.717) is 0 Å². The Hall–Kier alpha value is -3.07. The van der Waals surface area contributed by atoms with E-state index in [0.717, 1.165) is 5.75 Å². The van der Waals surface area contributed by atoms with Gasteiger partial charge in [0.2, 0.25) is 0 Å². The molecular formula is C21H18N2O. The molecule has 3 nitrogen and oxygen atoms in total. The fourth-order valence-corrected chi connectivity index (χ4v) is 3.21. The molecule has 0 radical (unpaired) electrons. The molecule has 0 aliphatic carbocycles. The van der Waals surface area contributed by atoms with E-state index in [2.05, 4.69) is 64.1 Å². The number of benzene rings is 3. The van der Waals surface area contributed by atoms with Gasteiger partial charge in [-0.2, -0.15) is 0 Å². The molecule has 3 aromatic carbocycles. The van der Waals surface area contributed by atoms with Crippen LogP contribution < -0.4 is 4.74 Å². The fraction of sp³-hybridized carbons (Fsp3) is 0.0952. The molecule has 0 aliphatic heterocycles. The monoisotopic (exact) mass is 314 g/mol. The van der Waals surface area contributed by atoms with Crippen LogP contribution >= 0.6 is 0 Å². The van der Waals surface area contributed by atoms with Crippen molar-refractivity contribution in [2.24, 2.45) is 0 Å². The molecule has 1 unspecified atom stereocenters. The zero-order valence-electron chi connectivity index (χ0n) is 13.5. The Bertz CT molecular complexity index is 938. The number of nitrogens with zero attached hydrogens (tertiary/aromatic N) is 2. The van der Waals surface area contributed by atoms with Crippen LogP contribution in [0.5, 0.6) is 5.75 Å². The summed E-state index contributed by atoms with van der Waals surface area (Å²) in [5.74, 6) is 0.862. The van der Waals surface area contributed by atoms with Gasteiger partial charge < -0.3 is 9.30 Å². The van der Waals surface area contributed by atoms with Crippen LogP contribution in [0.4, 0.5) is 0 Å². The molecule has 118 valence electrons. The van der Waals surface area contributed by atoms with Crippen molar-refractivity contribution in [2.45, 2.75) is 6.04 Å². The Morgan fingerprint density at radius 3 is 2.46 bits per heavy atom. The van der Waals surface area contributed by atoms with Crippen molar-refractivity contribution in [2.75, 3.05) is 7.11 Å². The molecule has 1 atom stereocenters. The summed E-state index contributed by atoms with van der Waals surface area (Å²) in [6.07, 6.45) is 5.70. The van der Waals surface area contributed by atoms with E-state index in [1.807, 2.05) is 30.9 Å². The zero-order chi connectivity index (χ0) is 16.4. The first kappa shape index (κ1) is 14.5. The van der Waals surface area contributed by atoms with Crippen molar-refractivity contribution in [1.29, 1.82) is 0 Å². The second kappa shape index (κ2) is 6.20. The van der Waals surface area contributed by atoms with E-state index in [4.69, 9.17) is 4.74 Å². The summed E-state index contributed by atoms with van der Waals surface area (Å²) in [6, 6.07) is 23.3. The fourth-order valence-electron chi connectivity index (χ4n) is 3.21. The van der Waals surface area contributed by atoms with Crippen LogP contribution in [0.25, 0.3) is 10.8 Å². The molecule has 0 fully saturated rings. The average Bonchev–Trinajstić information content (AvgIpc) is 3.17. The molecule has 3 heteroatoms. The van der Waals surface area contributed by atoms with Gasteiger partial charge in [0, 0.05) is 12.4 Å². The Morgan fingerprint density at radius 1 is 0.917 bits per heavy atom. The number of imidazole rings is 1. The number of hydrogen-bond donors (Lipinski definition) is 0. The van der Waals surface area contributed by atoms with E-state index in [1.54, 1.807) is 7.11 Å². The van der Waals surface area contributed by atoms with Crippen molar-refractivity contribution in [3.05, 3.63) is 96.6 Å². The summed E-state index contributed by atoms with van der Waals surface area (Å²) < 4.78 is 7.44. The predicted octanol–water partition coefficient (Wildman–Crippen LogP) is 4.68. The Labute approximate surface area is 141 Å². The standard InChI is InChI=1S/C21H18N2O/c1-24-18-11-9-17(10-12-18)21(23-14-13-22-15-23)20-8-4-6-16-5-2-3-7-19(16)20/h2-15,21H,1H3. The molecule has 24 heavy (non-hydrogen) atoms. The van der Waals surface area contributed by atoms with Crippen LogP contribution in [0, 0.1) is 0 Å². The smallest absolute Gasteiger partial charge is 0.118 e. The maximum atomic E-state index is 5.30. The number of fused-ring (bicyclic) bond motifs is 1. The number of methoxy groups -OCH3 is 1. The first-order valence-corrected chi connectivity index (χ1v) is 7.96. The maximum absolute atomic E-state index is 5.30. The topological polar surface area (TPSA) is 27.1 Å². The van der Waals surface area contributed by atoms with Crippen molar-refractivity contribution in [1.82, 2.24) is 9.55 Å². The lowest BCUT2D eigenvalue weighted by atomic mass is 9.93. The van der Waals surface area contributed by atoms with Crippen LogP contribution in [0.2, 0.25) is 0 Å². The number of rotatable bonds is 4. The quantitative estimate of drug-likeness (QED) is 0.547. The van der Waals surface area contributed by atoms with Crippen molar-refractivity contribution < 1.29 is 4.74 Å². The van der Waals surface area contributed by atoms with E-state index in [-0.39, 0.29) is 6.04 Å². The Balaban J connectivity index is 1.92. The van der Waals surface area contributed by atoms with Gasteiger partial charge in [-0.25, -0.2) is 4.98 Å². The van der Waals surface area contributed by atoms with Crippen molar-refractivity contribution in [3.8, 4) is 5.75 Å². The first-order valence-electron chi connectivity index (χ1n) is 7.96. The molecule has 1 heterocycles. The van der Waals surface area contributed by atoms with Crippen LogP contribution in [0.15, 0.2) is 85.5 Å². The van der Waals surface area contributed by atoms with Gasteiger partial charge in [0.1, 0.15) is 5.75 Å². The second-order valence-electron chi connectivity index (χ2n) is 5.75. The molecule has 0 saturated heterocycles. The molecule has 1 aromatic heterocycles. The highest BCUT2D eigenvalue weighted by Crippen LogP contribution is 2.32. The van der Waals surface area contributed by atoms with E-state index < -0.39 is 0 Å². The van der Waals surface area contributed by atoms with Gasteiger partial charge in [0.05, 0.1) is 19.5 Å². The van der Waals surface area contributed by atoms with Crippen LogP contribution in [0.3, 0.4) is 0 Å². The number of aromatic nitrogens is 2. The molecule has 0 aliphatic rings. The summed E-state index contributed by atoms with van der Waals surface area (Å²) in [6.45, 7) is 0. The number of hydrogen-bond acceptors (Lipinski definition) is 2. The minimum Gasteiger partial charge on any atom is -0.497 e. The molecule has 0 bridgehead atoms. The summed E-state index contributed by atoms with van der Waals surface area (Å²) in [4.78, 5) is 4.25. The second-order valence-corrected chi connectivity index (χ2v) is 5.75.